The second-order valence-corrected chi connectivity index (χ2v) is 12.9. The summed E-state index contributed by atoms with van der Waals surface area (Å²) in [5.74, 6) is 1.58. The van der Waals surface area contributed by atoms with Gasteiger partial charge in [0.05, 0.1) is 63.5 Å². The number of aromatic amines is 2. The Morgan fingerprint density at radius 3 is 1.85 bits per heavy atom. The molecule has 1 fully saturated rings. The molecule has 2 N–H and O–H groups in total. The SMILES string of the molecule is O=c1ccc2ccc(OCCCC[N+]3(CCCCOc4ccc5ccc(=O)[nH]c5c4)CCN(c4cccc5c4C=CC5)CC3)cc2[nH]1. The molecule has 1 saturated heterocycles. The number of anilines is 1. The van der Waals surface area contributed by atoms with Gasteiger partial charge in [0, 0.05) is 35.5 Å². The van der Waals surface area contributed by atoms with E-state index >= 15 is 0 Å². The Morgan fingerprint density at radius 1 is 0.681 bits per heavy atom. The molecule has 1 aliphatic carbocycles. The van der Waals surface area contributed by atoms with Crippen LogP contribution in [-0.2, 0) is 6.42 Å². The highest BCUT2D eigenvalue weighted by Crippen LogP contribution is 2.32. The maximum absolute atomic E-state index is 11.7. The number of nitrogens with one attached hydrogen (secondary N) is 2. The van der Waals surface area contributed by atoms with Crippen LogP contribution in [0.3, 0.4) is 0 Å². The number of nitrogens with zero attached hydrogens (tertiary/aromatic N) is 2. The summed E-state index contributed by atoms with van der Waals surface area (Å²) in [6, 6.07) is 25.3. The van der Waals surface area contributed by atoms with Crippen LogP contribution in [0.4, 0.5) is 5.69 Å². The molecule has 3 aromatic carbocycles. The summed E-state index contributed by atoms with van der Waals surface area (Å²) in [7, 11) is 0. The highest BCUT2D eigenvalue weighted by atomic mass is 16.5. The maximum atomic E-state index is 11.7. The van der Waals surface area contributed by atoms with E-state index in [0.29, 0.717) is 13.2 Å². The van der Waals surface area contributed by atoms with E-state index in [1.165, 1.54) is 16.8 Å². The van der Waals surface area contributed by atoms with Gasteiger partial charge in [-0.2, -0.15) is 0 Å². The predicted molar refractivity (Wildman–Crippen MR) is 190 cm³/mol. The minimum Gasteiger partial charge on any atom is -0.494 e. The van der Waals surface area contributed by atoms with Crippen molar-refractivity contribution in [3.8, 4) is 11.5 Å². The number of unbranched alkanes of at least 4 members (excludes halogenated alkanes) is 2. The number of ether oxygens (including phenoxy) is 2. The van der Waals surface area contributed by atoms with Gasteiger partial charge in [-0.3, -0.25) is 9.59 Å². The molecule has 0 atom stereocenters. The van der Waals surface area contributed by atoms with Gasteiger partial charge in [-0.1, -0.05) is 24.3 Å². The van der Waals surface area contributed by atoms with Crippen LogP contribution in [0.1, 0.15) is 36.8 Å². The predicted octanol–water partition coefficient (Wildman–Crippen LogP) is 6.29. The zero-order valence-corrected chi connectivity index (χ0v) is 26.9. The quantitative estimate of drug-likeness (QED) is 0.118. The lowest BCUT2D eigenvalue weighted by Crippen LogP contribution is -2.60. The number of aromatic nitrogens is 2. The van der Waals surface area contributed by atoms with Crippen LogP contribution in [-0.4, -0.2) is 66.9 Å². The van der Waals surface area contributed by atoms with Crippen molar-refractivity contribution in [1.29, 1.82) is 0 Å². The van der Waals surface area contributed by atoms with Crippen molar-refractivity contribution in [2.45, 2.75) is 32.1 Å². The molecule has 47 heavy (non-hydrogen) atoms. The highest BCUT2D eigenvalue weighted by molar-refractivity contribution is 5.80. The van der Waals surface area contributed by atoms with Crippen molar-refractivity contribution in [3.05, 3.63) is 117 Å². The van der Waals surface area contributed by atoms with Crippen LogP contribution >= 0.6 is 0 Å². The number of rotatable bonds is 13. The van der Waals surface area contributed by atoms with Gasteiger partial charge < -0.3 is 28.8 Å². The lowest BCUT2D eigenvalue weighted by molar-refractivity contribution is -0.929. The zero-order valence-electron chi connectivity index (χ0n) is 26.9. The van der Waals surface area contributed by atoms with Gasteiger partial charge >= 0.3 is 0 Å². The number of quaternary nitrogens is 1. The second-order valence-electron chi connectivity index (χ2n) is 12.9. The summed E-state index contributed by atoms with van der Waals surface area (Å²) in [6.45, 7) is 7.95. The number of hydrogen-bond donors (Lipinski definition) is 2. The Morgan fingerprint density at radius 2 is 1.26 bits per heavy atom. The third-order valence-electron chi connectivity index (χ3n) is 9.81. The first-order chi connectivity index (χ1) is 23.0. The van der Waals surface area contributed by atoms with Crippen LogP contribution in [0, 0.1) is 0 Å². The van der Waals surface area contributed by atoms with Crippen molar-refractivity contribution in [2.75, 3.05) is 57.4 Å². The third-order valence-corrected chi connectivity index (χ3v) is 9.81. The topological polar surface area (TPSA) is 87.4 Å². The molecule has 2 aromatic heterocycles. The number of pyridine rings is 2. The largest absolute Gasteiger partial charge is 0.494 e. The van der Waals surface area contributed by atoms with Crippen LogP contribution in [0.15, 0.2) is 94.5 Å². The van der Waals surface area contributed by atoms with E-state index in [4.69, 9.17) is 9.47 Å². The molecule has 8 nitrogen and oxygen atoms in total. The summed E-state index contributed by atoms with van der Waals surface area (Å²) in [5.41, 5.74) is 5.61. The average Bonchev–Trinajstić information content (AvgIpc) is 3.58. The van der Waals surface area contributed by atoms with E-state index in [9.17, 15) is 9.59 Å². The van der Waals surface area contributed by atoms with Gasteiger partial charge in [-0.15, -0.1) is 0 Å². The lowest BCUT2D eigenvalue weighted by atomic mass is 10.1. The van der Waals surface area contributed by atoms with Crippen LogP contribution in [0.5, 0.6) is 11.5 Å². The number of benzene rings is 3. The molecule has 2 aliphatic rings. The van der Waals surface area contributed by atoms with Crippen LogP contribution in [0.25, 0.3) is 27.9 Å². The van der Waals surface area contributed by atoms with E-state index in [-0.39, 0.29) is 11.1 Å². The smallest absolute Gasteiger partial charge is 0.248 e. The maximum Gasteiger partial charge on any atom is 0.248 e. The molecule has 0 saturated carbocycles. The minimum absolute atomic E-state index is 0.102. The summed E-state index contributed by atoms with van der Waals surface area (Å²) in [5, 5.41) is 2.00. The van der Waals surface area contributed by atoms with E-state index in [2.05, 4.69) is 45.2 Å². The molecular formula is C39H43N4O4+. The number of allylic oxidation sites excluding steroid dienone is 1. The molecule has 5 aromatic rings. The van der Waals surface area contributed by atoms with E-state index in [0.717, 1.165) is 109 Å². The minimum atomic E-state index is -0.102. The standard InChI is InChI=1S/C39H42N4O4/c44-38-17-13-30-11-15-32(27-35(30)40-38)46-25-3-1-21-43(23-19-42(20-24-43)37-10-6-8-29-7-5-9-34(29)37)22-2-4-26-47-33-16-12-31-14-18-39(45)41-36(31)28-33/h5-6,8-18,27-28H,1-4,7,19-26H2,(H-,40,41,44,45)/p+1. The van der Waals surface area contributed by atoms with Gasteiger partial charge in [0.2, 0.25) is 11.1 Å². The molecule has 8 heteroatoms. The van der Waals surface area contributed by atoms with Crippen LogP contribution in [0.2, 0.25) is 0 Å². The molecule has 0 amide bonds. The Balaban J connectivity index is 0.940. The monoisotopic (exact) mass is 631 g/mol. The van der Waals surface area contributed by atoms with Gasteiger partial charge in [-0.05, 0) is 90.9 Å². The molecule has 0 spiro atoms. The first kappa shape index (κ1) is 30.8. The van der Waals surface area contributed by atoms with Crippen molar-refractivity contribution in [2.24, 2.45) is 0 Å². The van der Waals surface area contributed by atoms with Crippen molar-refractivity contribution in [1.82, 2.24) is 9.97 Å². The number of H-pyrrole nitrogens is 2. The number of hydrogen-bond acceptors (Lipinski definition) is 5. The Bertz CT molecular complexity index is 1900. The second kappa shape index (κ2) is 13.9. The summed E-state index contributed by atoms with van der Waals surface area (Å²) >= 11 is 0. The fourth-order valence-electron chi connectivity index (χ4n) is 7.15. The van der Waals surface area contributed by atoms with Crippen molar-refractivity contribution >= 4 is 33.6 Å². The van der Waals surface area contributed by atoms with Gasteiger partial charge in [0.1, 0.15) is 11.5 Å². The number of piperazine rings is 1. The summed E-state index contributed by atoms with van der Waals surface area (Å²) in [4.78, 5) is 31.8. The van der Waals surface area contributed by atoms with E-state index in [1.54, 1.807) is 12.1 Å². The molecule has 242 valence electrons. The molecule has 0 bridgehead atoms. The fourth-order valence-corrected chi connectivity index (χ4v) is 7.15. The molecule has 0 radical (unpaired) electrons. The third kappa shape index (κ3) is 7.28. The van der Waals surface area contributed by atoms with Crippen molar-refractivity contribution < 1.29 is 14.0 Å². The zero-order chi connectivity index (χ0) is 32.1. The molecule has 0 unspecified atom stereocenters. The highest BCUT2D eigenvalue weighted by Gasteiger charge is 2.33. The lowest BCUT2D eigenvalue weighted by Gasteiger charge is -2.46. The number of fused-ring (bicyclic) bond motifs is 3. The van der Waals surface area contributed by atoms with E-state index in [1.807, 2.05) is 48.5 Å². The Kier molecular flexibility index (Phi) is 9.11. The first-order valence-electron chi connectivity index (χ1n) is 16.9. The molecule has 7 rings (SSSR count). The molecule has 3 heterocycles. The van der Waals surface area contributed by atoms with Gasteiger partial charge in [-0.25, -0.2) is 0 Å². The summed E-state index contributed by atoms with van der Waals surface area (Å²) < 4.78 is 13.3. The normalized spacial score (nSPS) is 15.3. The van der Waals surface area contributed by atoms with Crippen molar-refractivity contribution in [3.63, 3.8) is 0 Å². The average molecular weight is 632 g/mol. The fraction of sp³-hybridized carbons (Fsp3) is 0.333. The molecular weight excluding hydrogens is 588 g/mol. The molecule has 1 aliphatic heterocycles. The van der Waals surface area contributed by atoms with Gasteiger partial charge in [0.15, 0.2) is 0 Å². The van der Waals surface area contributed by atoms with Gasteiger partial charge in [0.25, 0.3) is 0 Å². The Hall–Kier alpha value is -4.82. The summed E-state index contributed by atoms with van der Waals surface area (Å²) in [6.07, 6.45) is 9.77. The first-order valence-corrected chi connectivity index (χ1v) is 16.9. The Labute approximate surface area is 274 Å². The van der Waals surface area contributed by atoms with E-state index < -0.39 is 0 Å². The van der Waals surface area contributed by atoms with Crippen LogP contribution < -0.4 is 25.5 Å².